The molecule has 0 spiro atoms. The van der Waals surface area contributed by atoms with Crippen LogP contribution in [0.4, 0.5) is 10.5 Å². The smallest absolute Gasteiger partial charge is 0.325 e. The predicted octanol–water partition coefficient (Wildman–Crippen LogP) is 2.45. The Labute approximate surface area is 185 Å². The molecule has 164 valence electrons. The Kier molecular flexibility index (Phi) is 6.41. The number of likely N-dealkylation sites (tertiary alicyclic amines) is 1. The summed E-state index contributed by atoms with van der Waals surface area (Å²) in [7, 11) is 1.52. The molecule has 2 aliphatic heterocycles. The lowest BCUT2D eigenvalue weighted by Crippen LogP contribution is -2.48. The Balaban J connectivity index is 1.33. The molecule has 9 nitrogen and oxygen atoms in total. The van der Waals surface area contributed by atoms with E-state index in [0.29, 0.717) is 43.0 Å². The zero-order valence-electron chi connectivity index (χ0n) is 17.2. The fraction of sp³-hybridized carbons (Fsp3) is 0.429. The highest BCUT2D eigenvalue weighted by Crippen LogP contribution is 2.24. The van der Waals surface area contributed by atoms with Crippen LogP contribution in [0.1, 0.15) is 12.8 Å². The fourth-order valence-corrected chi connectivity index (χ4v) is 3.98. The highest BCUT2D eigenvalue weighted by Gasteiger charge is 2.33. The second kappa shape index (κ2) is 9.38. The zero-order valence-corrected chi connectivity index (χ0v) is 18.0. The van der Waals surface area contributed by atoms with Crippen LogP contribution in [0.5, 0.6) is 11.8 Å². The molecule has 3 amide bonds. The number of nitrogens with zero attached hydrogens (tertiary/aromatic N) is 5. The molecule has 1 unspecified atom stereocenters. The number of methoxy groups -OCH3 is 1. The Morgan fingerprint density at radius 1 is 1.23 bits per heavy atom. The van der Waals surface area contributed by atoms with Gasteiger partial charge in [-0.15, -0.1) is 0 Å². The van der Waals surface area contributed by atoms with Crippen molar-refractivity contribution in [1.29, 1.82) is 0 Å². The number of piperidine rings is 1. The lowest BCUT2D eigenvalue weighted by molar-refractivity contribution is -0.134. The number of carbonyl (C=O) groups excluding carboxylic acids is 2. The van der Waals surface area contributed by atoms with E-state index < -0.39 is 0 Å². The number of halogens is 1. The molecule has 2 fully saturated rings. The van der Waals surface area contributed by atoms with Crippen LogP contribution in [-0.4, -0.2) is 77.6 Å². The molecular weight excluding hydrogens is 422 g/mol. The van der Waals surface area contributed by atoms with Gasteiger partial charge in [0, 0.05) is 30.3 Å². The van der Waals surface area contributed by atoms with Crippen molar-refractivity contribution in [1.82, 2.24) is 19.8 Å². The second-order valence-corrected chi connectivity index (χ2v) is 7.89. The number of ether oxygens (including phenoxy) is 2. The molecule has 0 N–H and O–H groups in total. The Bertz CT molecular complexity index is 959. The first-order chi connectivity index (χ1) is 15.0. The number of hydrogen-bond donors (Lipinski definition) is 0. The fourth-order valence-electron chi connectivity index (χ4n) is 3.79. The molecule has 0 saturated carbocycles. The van der Waals surface area contributed by atoms with E-state index in [9.17, 15) is 9.59 Å². The number of aromatic nitrogens is 2. The van der Waals surface area contributed by atoms with Gasteiger partial charge in [0.2, 0.25) is 17.7 Å². The lowest BCUT2D eigenvalue weighted by atomic mass is 10.1. The van der Waals surface area contributed by atoms with E-state index in [2.05, 4.69) is 9.97 Å². The standard InChI is InChI=1S/C21H24ClN5O4/c1-30-18-11-23-12-19(24-18)31-17-6-3-7-25(13-17)20(28)14-26-8-9-27(21(26)29)16-5-2-4-15(22)10-16/h2,4-5,10-12,17H,3,6-9,13-14H2,1H3. The van der Waals surface area contributed by atoms with Crippen LogP contribution in [0, 0.1) is 0 Å². The molecule has 0 aliphatic carbocycles. The minimum atomic E-state index is -0.188. The maximum absolute atomic E-state index is 12.9. The largest absolute Gasteiger partial charge is 0.480 e. The average molecular weight is 446 g/mol. The molecule has 2 aromatic rings. The van der Waals surface area contributed by atoms with E-state index in [-0.39, 0.29) is 24.6 Å². The van der Waals surface area contributed by atoms with Crippen LogP contribution in [0.15, 0.2) is 36.7 Å². The van der Waals surface area contributed by atoms with Gasteiger partial charge in [0.05, 0.1) is 26.0 Å². The van der Waals surface area contributed by atoms with Gasteiger partial charge in [-0.1, -0.05) is 17.7 Å². The molecule has 31 heavy (non-hydrogen) atoms. The third kappa shape index (κ3) is 4.99. The molecule has 10 heteroatoms. The van der Waals surface area contributed by atoms with Gasteiger partial charge >= 0.3 is 6.03 Å². The molecule has 2 saturated heterocycles. The van der Waals surface area contributed by atoms with Gasteiger partial charge in [-0.25, -0.2) is 4.79 Å². The van der Waals surface area contributed by atoms with Crippen molar-refractivity contribution in [2.75, 3.05) is 44.7 Å². The first kappa shape index (κ1) is 21.2. The molecule has 1 aromatic heterocycles. The van der Waals surface area contributed by atoms with E-state index in [1.807, 2.05) is 6.07 Å². The molecule has 1 aromatic carbocycles. The van der Waals surface area contributed by atoms with E-state index >= 15 is 0 Å². The Hall–Kier alpha value is -3.07. The summed E-state index contributed by atoms with van der Waals surface area (Å²) in [6.07, 6.45) is 4.47. The third-order valence-corrected chi connectivity index (χ3v) is 5.59. The van der Waals surface area contributed by atoms with Crippen molar-refractivity contribution in [3.8, 4) is 11.8 Å². The maximum Gasteiger partial charge on any atom is 0.325 e. The summed E-state index contributed by atoms with van der Waals surface area (Å²) in [5.41, 5.74) is 0.735. The minimum absolute atomic E-state index is 0.0432. The van der Waals surface area contributed by atoms with E-state index in [4.69, 9.17) is 21.1 Å². The van der Waals surface area contributed by atoms with Gasteiger partial charge in [-0.2, -0.15) is 4.98 Å². The maximum atomic E-state index is 12.9. The average Bonchev–Trinajstić information content (AvgIpc) is 3.14. The molecule has 4 rings (SSSR count). The summed E-state index contributed by atoms with van der Waals surface area (Å²) in [5, 5.41) is 0.569. The summed E-state index contributed by atoms with van der Waals surface area (Å²) >= 11 is 6.04. The van der Waals surface area contributed by atoms with E-state index in [0.717, 1.165) is 18.5 Å². The van der Waals surface area contributed by atoms with Crippen LogP contribution in [0.3, 0.4) is 0 Å². The summed E-state index contributed by atoms with van der Waals surface area (Å²) in [6, 6.07) is 6.97. The monoisotopic (exact) mass is 445 g/mol. The van der Waals surface area contributed by atoms with Gasteiger partial charge in [0.25, 0.3) is 0 Å². The van der Waals surface area contributed by atoms with Crippen molar-refractivity contribution >= 4 is 29.2 Å². The lowest BCUT2D eigenvalue weighted by Gasteiger charge is -2.33. The number of hydrogen-bond acceptors (Lipinski definition) is 6. The summed E-state index contributed by atoms with van der Waals surface area (Å²) in [5.74, 6) is 0.648. The quantitative estimate of drug-likeness (QED) is 0.678. The number of anilines is 1. The summed E-state index contributed by atoms with van der Waals surface area (Å²) in [6.45, 7) is 2.14. The number of amides is 3. The molecule has 0 bridgehead atoms. The Morgan fingerprint density at radius 3 is 2.87 bits per heavy atom. The molecule has 1 atom stereocenters. The number of urea groups is 1. The normalized spacial score (nSPS) is 19.0. The number of carbonyl (C=O) groups is 2. The van der Waals surface area contributed by atoms with Crippen LogP contribution in [0.25, 0.3) is 0 Å². The predicted molar refractivity (Wildman–Crippen MR) is 115 cm³/mol. The highest BCUT2D eigenvalue weighted by molar-refractivity contribution is 6.30. The van der Waals surface area contributed by atoms with Crippen molar-refractivity contribution < 1.29 is 19.1 Å². The first-order valence-corrected chi connectivity index (χ1v) is 10.5. The van der Waals surface area contributed by atoms with Gasteiger partial charge in [0.15, 0.2) is 0 Å². The van der Waals surface area contributed by atoms with Gasteiger partial charge in [-0.3, -0.25) is 14.7 Å². The van der Waals surface area contributed by atoms with Gasteiger partial charge < -0.3 is 19.3 Å². The molecule has 2 aliphatic rings. The summed E-state index contributed by atoms with van der Waals surface area (Å²) in [4.78, 5) is 38.9. The van der Waals surface area contributed by atoms with Crippen LogP contribution in [-0.2, 0) is 4.79 Å². The first-order valence-electron chi connectivity index (χ1n) is 10.2. The van der Waals surface area contributed by atoms with Crippen molar-refractivity contribution in [3.05, 3.63) is 41.7 Å². The van der Waals surface area contributed by atoms with E-state index in [1.165, 1.54) is 19.5 Å². The Morgan fingerprint density at radius 2 is 2.06 bits per heavy atom. The minimum Gasteiger partial charge on any atom is -0.480 e. The third-order valence-electron chi connectivity index (χ3n) is 5.36. The number of rotatable bonds is 6. The van der Waals surface area contributed by atoms with Crippen molar-refractivity contribution in [2.24, 2.45) is 0 Å². The van der Waals surface area contributed by atoms with Crippen molar-refractivity contribution in [3.63, 3.8) is 0 Å². The highest BCUT2D eigenvalue weighted by atomic mass is 35.5. The molecular formula is C21H24ClN5O4. The van der Waals surface area contributed by atoms with Crippen LogP contribution < -0.4 is 14.4 Å². The molecule has 3 heterocycles. The van der Waals surface area contributed by atoms with E-state index in [1.54, 1.807) is 32.9 Å². The second-order valence-electron chi connectivity index (χ2n) is 7.46. The molecule has 0 radical (unpaired) electrons. The van der Waals surface area contributed by atoms with Gasteiger partial charge in [-0.05, 0) is 31.0 Å². The van der Waals surface area contributed by atoms with Crippen LogP contribution >= 0.6 is 11.6 Å². The number of benzene rings is 1. The SMILES string of the molecule is COc1cncc(OC2CCCN(C(=O)CN3CCN(c4cccc(Cl)c4)C3=O)C2)n1. The van der Waals surface area contributed by atoms with Crippen molar-refractivity contribution in [2.45, 2.75) is 18.9 Å². The van der Waals surface area contributed by atoms with Crippen LogP contribution in [0.2, 0.25) is 5.02 Å². The summed E-state index contributed by atoms with van der Waals surface area (Å²) < 4.78 is 11.0. The zero-order chi connectivity index (χ0) is 21.8. The van der Waals surface area contributed by atoms with Gasteiger partial charge in [0.1, 0.15) is 12.6 Å². The topological polar surface area (TPSA) is 88.1 Å².